The smallest absolute Gasteiger partial charge is 0.134 e. The molecular formula is C18H21NOS. The van der Waals surface area contributed by atoms with E-state index < -0.39 is 0 Å². The van der Waals surface area contributed by atoms with Gasteiger partial charge in [-0.1, -0.05) is 18.6 Å². The Morgan fingerprint density at radius 1 is 1.14 bits per heavy atom. The SMILES string of the molecule is CCNC(c1cc2cc(C)ccc2o1)c1cc(C)c(C)s1. The van der Waals surface area contributed by atoms with Crippen molar-refractivity contribution in [2.45, 2.75) is 33.7 Å². The summed E-state index contributed by atoms with van der Waals surface area (Å²) in [5.74, 6) is 0.999. The second kappa shape index (κ2) is 5.66. The highest BCUT2D eigenvalue weighted by Crippen LogP contribution is 2.33. The van der Waals surface area contributed by atoms with Gasteiger partial charge in [0.2, 0.25) is 0 Å². The molecule has 1 aromatic carbocycles. The molecule has 3 heteroatoms. The zero-order valence-corrected chi connectivity index (χ0v) is 13.8. The van der Waals surface area contributed by atoms with E-state index in [1.807, 2.05) is 11.3 Å². The van der Waals surface area contributed by atoms with Crippen LogP contribution in [0.15, 0.2) is 34.7 Å². The zero-order chi connectivity index (χ0) is 15.0. The van der Waals surface area contributed by atoms with Crippen LogP contribution in [0.3, 0.4) is 0 Å². The minimum atomic E-state index is 0.139. The van der Waals surface area contributed by atoms with Crippen molar-refractivity contribution in [3.8, 4) is 0 Å². The molecule has 0 aliphatic heterocycles. The number of fused-ring (bicyclic) bond motifs is 1. The van der Waals surface area contributed by atoms with Crippen LogP contribution in [0.1, 0.15) is 39.6 Å². The summed E-state index contributed by atoms with van der Waals surface area (Å²) >= 11 is 1.85. The van der Waals surface area contributed by atoms with Gasteiger partial charge in [0.15, 0.2) is 0 Å². The van der Waals surface area contributed by atoms with Crippen LogP contribution in [0, 0.1) is 20.8 Å². The Morgan fingerprint density at radius 2 is 1.95 bits per heavy atom. The molecule has 0 saturated carbocycles. The van der Waals surface area contributed by atoms with Gasteiger partial charge in [-0.2, -0.15) is 0 Å². The first-order valence-electron chi connectivity index (χ1n) is 7.39. The lowest BCUT2D eigenvalue weighted by Crippen LogP contribution is -2.20. The lowest BCUT2D eigenvalue weighted by molar-refractivity contribution is 0.481. The van der Waals surface area contributed by atoms with E-state index in [0.717, 1.165) is 17.9 Å². The predicted octanol–water partition coefficient (Wildman–Crippen LogP) is 5.12. The molecule has 0 spiro atoms. The van der Waals surface area contributed by atoms with Crippen molar-refractivity contribution in [3.05, 3.63) is 57.0 Å². The lowest BCUT2D eigenvalue weighted by Gasteiger charge is -2.13. The van der Waals surface area contributed by atoms with Crippen LogP contribution in [0.5, 0.6) is 0 Å². The molecule has 21 heavy (non-hydrogen) atoms. The van der Waals surface area contributed by atoms with Crippen molar-refractivity contribution in [1.29, 1.82) is 0 Å². The average molecular weight is 299 g/mol. The maximum absolute atomic E-state index is 6.09. The number of thiophene rings is 1. The van der Waals surface area contributed by atoms with Crippen LogP contribution in [-0.4, -0.2) is 6.54 Å². The summed E-state index contributed by atoms with van der Waals surface area (Å²) < 4.78 is 6.09. The molecule has 2 nitrogen and oxygen atoms in total. The highest BCUT2D eigenvalue weighted by molar-refractivity contribution is 7.12. The maximum atomic E-state index is 6.09. The molecule has 3 aromatic rings. The third-order valence-corrected chi connectivity index (χ3v) is 5.07. The van der Waals surface area contributed by atoms with Gasteiger partial charge in [0.05, 0.1) is 0 Å². The van der Waals surface area contributed by atoms with E-state index in [2.05, 4.69) is 63.3 Å². The summed E-state index contributed by atoms with van der Waals surface area (Å²) in [6, 6.07) is 10.9. The predicted molar refractivity (Wildman–Crippen MR) is 90.3 cm³/mol. The molecule has 2 heterocycles. The van der Waals surface area contributed by atoms with Crippen LogP contribution in [0.25, 0.3) is 11.0 Å². The van der Waals surface area contributed by atoms with E-state index in [-0.39, 0.29) is 6.04 Å². The lowest BCUT2D eigenvalue weighted by atomic mass is 10.1. The van der Waals surface area contributed by atoms with Crippen molar-refractivity contribution in [1.82, 2.24) is 5.32 Å². The van der Waals surface area contributed by atoms with Crippen LogP contribution in [0.2, 0.25) is 0 Å². The van der Waals surface area contributed by atoms with Gasteiger partial charge >= 0.3 is 0 Å². The molecule has 0 amide bonds. The van der Waals surface area contributed by atoms with Gasteiger partial charge in [0, 0.05) is 15.1 Å². The van der Waals surface area contributed by atoms with Crippen LogP contribution >= 0.6 is 11.3 Å². The number of benzene rings is 1. The van der Waals surface area contributed by atoms with Crippen molar-refractivity contribution in [3.63, 3.8) is 0 Å². The molecule has 1 atom stereocenters. The van der Waals surface area contributed by atoms with Gasteiger partial charge in [-0.25, -0.2) is 0 Å². The molecule has 110 valence electrons. The third-order valence-electron chi connectivity index (χ3n) is 3.85. The third kappa shape index (κ3) is 2.76. The van der Waals surface area contributed by atoms with E-state index in [1.165, 1.54) is 26.3 Å². The summed E-state index contributed by atoms with van der Waals surface area (Å²) in [5.41, 5.74) is 3.58. The summed E-state index contributed by atoms with van der Waals surface area (Å²) in [4.78, 5) is 2.70. The Kier molecular flexibility index (Phi) is 3.87. The molecule has 0 saturated heterocycles. The molecular weight excluding hydrogens is 278 g/mol. The molecule has 1 N–H and O–H groups in total. The monoisotopic (exact) mass is 299 g/mol. The van der Waals surface area contributed by atoms with E-state index in [0.29, 0.717) is 0 Å². The first-order chi connectivity index (χ1) is 10.1. The largest absolute Gasteiger partial charge is 0.459 e. The summed E-state index contributed by atoms with van der Waals surface area (Å²) in [5, 5.41) is 4.73. The molecule has 0 aliphatic carbocycles. The number of furan rings is 1. The zero-order valence-electron chi connectivity index (χ0n) is 13.0. The van der Waals surface area contributed by atoms with Gasteiger partial charge in [-0.3, -0.25) is 0 Å². The van der Waals surface area contributed by atoms with Gasteiger partial charge in [0.1, 0.15) is 17.4 Å². The Labute approximate surface area is 129 Å². The first kappa shape index (κ1) is 14.4. The summed E-state index contributed by atoms with van der Waals surface area (Å²) in [7, 11) is 0. The first-order valence-corrected chi connectivity index (χ1v) is 8.20. The summed E-state index contributed by atoms with van der Waals surface area (Å²) in [6.45, 7) is 9.50. The minimum Gasteiger partial charge on any atom is -0.459 e. The number of nitrogens with one attached hydrogen (secondary N) is 1. The van der Waals surface area contributed by atoms with Crippen LogP contribution in [0.4, 0.5) is 0 Å². The standard InChI is InChI=1S/C18H21NOS/c1-5-19-18(17-9-12(3)13(4)21-17)16-10-14-8-11(2)6-7-15(14)20-16/h6-10,18-19H,5H2,1-4H3. The highest BCUT2D eigenvalue weighted by atomic mass is 32.1. The molecule has 2 aromatic heterocycles. The van der Waals surface area contributed by atoms with Gasteiger partial charge in [-0.05, 0) is 57.1 Å². The van der Waals surface area contributed by atoms with E-state index in [9.17, 15) is 0 Å². The molecule has 0 radical (unpaired) electrons. The molecule has 0 bridgehead atoms. The van der Waals surface area contributed by atoms with Crippen LogP contribution < -0.4 is 5.32 Å². The fourth-order valence-corrected chi connectivity index (χ4v) is 3.74. The minimum absolute atomic E-state index is 0.139. The Morgan fingerprint density at radius 3 is 2.62 bits per heavy atom. The van der Waals surface area contributed by atoms with Crippen molar-refractivity contribution < 1.29 is 4.42 Å². The normalized spacial score (nSPS) is 13.0. The quantitative estimate of drug-likeness (QED) is 0.723. The number of hydrogen-bond acceptors (Lipinski definition) is 3. The van der Waals surface area contributed by atoms with Crippen molar-refractivity contribution >= 4 is 22.3 Å². The molecule has 1 unspecified atom stereocenters. The van der Waals surface area contributed by atoms with Gasteiger partial charge < -0.3 is 9.73 Å². The van der Waals surface area contributed by atoms with Crippen molar-refractivity contribution in [2.75, 3.05) is 6.54 Å². The topological polar surface area (TPSA) is 25.2 Å². The van der Waals surface area contributed by atoms with Gasteiger partial charge in [0.25, 0.3) is 0 Å². The summed E-state index contributed by atoms with van der Waals surface area (Å²) in [6.07, 6.45) is 0. The Bertz CT molecular complexity index is 749. The van der Waals surface area contributed by atoms with E-state index in [4.69, 9.17) is 4.42 Å². The second-order valence-electron chi connectivity index (χ2n) is 5.57. The van der Waals surface area contributed by atoms with Gasteiger partial charge in [-0.15, -0.1) is 11.3 Å². The molecule has 0 fully saturated rings. The molecule has 3 rings (SSSR count). The maximum Gasteiger partial charge on any atom is 0.134 e. The number of aryl methyl sites for hydroxylation is 3. The Balaban J connectivity index is 2.06. The number of hydrogen-bond donors (Lipinski definition) is 1. The van der Waals surface area contributed by atoms with Crippen molar-refractivity contribution in [2.24, 2.45) is 0 Å². The number of rotatable bonds is 4. The second-order valence-corrected chi connectivity index (χ2v) is 6.86. The van der Waals surface area contributed by atoms with E-state index in [1.54, 1.807) is 0 Å². The fourth-order valence-electron chi connectivity index (χ4n) is 2.62. The molecule has 0 aliphatic rings. The fraction of sp³-hybridized carbons (Fsp3) is 0.333. The van der Waals surface area contributed by atoms with E-state index >= 15 is 0 Å². The highest BCUT2D eigenvalue weighted by Gasteiger charge is 2.20. The van der Waals surface area contributed by atoms with Crippen LogP contribution in [-0.2, 0) is 0 Å². The average Bonchev–Trinajstić information content (AvgIpc) is 2.99. The Hall–Kier alpha value is -1.58.